The number of rotatable bonds is 3. The maximum atomic E-state index is 11.8. The number of nitrogens with one attached hydrogen (secondary N) is 2. The molecule has 0 saturated heterocycles. The first-order chi connectivity index (χ1) is 10.0. The van der Waals surface area contributed by atoms with E-state index in [4.69, 9.17) is 0 Å². The van der Waals surface area contributed by atoms with E-state index in [9.17, 15) is 9.59 Å². The van der Waals surface area contributed by atoms with Gasteiger partial charge in [0, 0.05) is 24.6 Å². The van der Waals surface area contributed by atoms with Crippen LogP contribution in [-0.2, 0) is 16.1 Å². The molecule has 5 nitrogen and oxygen atoms in total. The summed E-state index contributed by atoms with van der Waals surface area (Å²) in [6, 6.07) is 9.20. The summed E-state index contributed by atoms with van der Waals surface area (Å²) in [6.45, 7) is 4.17. The molecule has 0 unspecified atom stereocenters. The molecule has 108 valence electrons. The molecule has 2 N–H and O–H groups in total. The van der Waals surface area contributed by atoms with Crippen LogP contribution in [0.15, 0.2) is 42.7 Å². The van der Waals surface area contributed by atoms with Crippen LogP contribution in [-0.4, -0.2) is 16.8 Å². The van der Waals surface area contributed by atoms with Gasteiger partial charge in [0.15, 0.2) is 0 Å². The molecule has 2 amide bonds. The van der Waals surface area contributed by atoms with Crippen LogP contribution in [0.2, 0.25) is 0 Å². The largest absolute Gasteiger partial charge is 0.344 e. The van der Waals surface area contributed by atoms with Crippen LogP contribution in [0.4, 0.5) is 5.69 Å². The number of carbonyl (C=O) groups excluding carboxylic acids is 2. The Kier molecular flexibility index (Phi) is 4.66. The van der Waals surface area contributed by atoms with Gasteiger partial charge in [-0.3, -0.25) is 14.6 Å². The summed E-state index contributed by atoms with van der Waals surface area (Å²) in [5.74, 6) is -1.33. The lowest BCUT2D eigenvalue weighted by Crippen LogP contribution is -2.35. The summed E-state index contributed by atoms with van der Waals surface area (Å²) in [5.41, 5.74) is 3.57. The van der Waals surface area contributed by atoms with Crippen molar-refractivity contribution in [2.75, 3.05) is 5.32 Å². The molecule has 2 rings (SSSR count). The minimum absolute atomic E-state index is 0.293. The van der Waals surface area contributed by atoms with Crippen molar-refractivity contribution < 1.29 is 9.59 Å². The lowest BCUT2D eigenvalue weighted by atomic mass is 10.1. The highest BCUT2D eigenvalue weighted by molar-refractivity contribution is 6.39. The van der Waals surface area contributed by atoms with Gasteiger partial charge >= 0.3 is 11.8 Å². The summed E-state index contributed by atoms with van der Waals surface area (Å²) in [4.78, 5) is 27.5. The second-order valence-electron chi connectivity index (χ2n) is 4.87. The number of carbonyl (C=O) groups is 2. The van der Waals surface area contributed by atoms with Crippen LogP contribution in [0.1, 0.15) is 16.7 Å². The van der Waals surface area contributed by atoms with Gasteiger partial charge in [0.05, 0.1) is 0 Å². The van der Waals surface area contributed by atoms with Crippen molar-refractivity contribution in [1.82, 2.24) is 10.3 Å². The molecule has 0 aliphatic rings. The molecule has 1 heterocycles. The zero-order chi connectivity index (χ0) is 15.2. The van der Waals surface area contributed by atoms with Crippen molar-refractivity contribution in [3.05, 3.63) is 59.4 Å². The number of benzene rings is 1. The van der Waals surface area contributed by atoms with Gasteiger partial charge < -0.3 is 10.6 Å². The highest BCUT2D eigenvalue weighted by atomic mass is 16.2. The molecule has 1 aromatic heterocycles. The van der Waals surface area contributed by atoms with E-state index in [1.54, 1.807) is 24.5 Å². The number of anilines is 1. The van der Waals surface area contributed by atoms with Gasteiger partial charge in [0.1, 0.15) is 0 Å². The lowest BCUT2D eigenvalue weighted by molar-refractivity contribution is -0.136. The first-order valence-corrected chi connectivity index (χ1v) is 6.61. The van der Waals surface area contributed by atoms with Crippen LogP contribution >= 0.6 is 0 Å². The third kappa shape index (κ3) is 4.42. The summed E-state index contributed by atoms with van der Waals surface area (Å²) in [6.07, 6.45) is 3.27. The molecule has 0 aliphatic heterocycles. The number of amides is 2. The van der Waals surface area contributed by atoms with Gasteiger partial charge in [0.25, 0.3) is 0 Å². The average Bonchev–Trinajstić information content (AvgIpc) is 2.44. The molecule has 0 atom stereocenters. The van der Waals surface area contributed by atoms with Crippen molar-refractivity contribution >= 4 is 17.5 Å². The summed E-state index contributed by atoms with van der Waals surface area (Å²) >= 11 is 0. The Hall–Kier alpha value is -2.69. The van der Waals surface area contributed by atoms with Gasteiger partial charge in [0.2, 0.25) is 0 Å². The maximum absolute atomic E-state index is 11.8. The third-order valence-corrected chi connectivity index (χ3v) is 2.89. The summed E-state index contributed by atoms with van der Waals surface area (Å²) in [7, 11) is 0. The van der Waals surface area contributed by atoms with Crippen LogP contribution in [0, 0.1) is 13.8 Å². The molecule has 0 saturated carbocycles. The van der Waals surface area contributed by atoms with Gasteiger partial charge in [-0.25, -0.2) is 0 Å². The monoisotopic (exact) mass is 283 g/mol. The fraction of sp³-hybridized carbons (Fsp3) is 0.188. The molecular weight excluding hydrogens is 266 g/mol. The predicted molar refractivity (Wildman–Crippen MR) is 80.6 cm³/mol. The van der Waals surface area contributed by atoms with E-state index >= 15 is 0 Å². The average molecular weight is 283 g/mol. The molecule has 21 heavy (non-hydrogen) atoms. The molecule has 0 radical (unpaired) electrons. The van der Waals surface area contributed by atoms with E-state index in [0.29, 0.717) is 12.2 Å². The Bertz CT molecular complexity index is 634. The zero-order valence-corrected chi connectivity index (χ0v) is 12.0. The standard InChI is InChI=1S/C16H17N3O2/c1-11-7-12(2)9-14(8-11)19-16(21)15(20)18-10-13-3-5-17-6-4-13/h3-9H,10H2,1-2H3,(H,18,20)(H,19,21). The van der Waals surface area contributed by atoms with E-state index in [0.717, 1.165) is 16.7 Å². The fourth-order valence-electron chi connectivity index (χ4n) is 2.00. The number of aryl methyl sites for hydroxylation is 2. The highest BCUT2D eigenvalue weighted by Gasteiger charge is 2.13. The van der Waals surface area contributed by atoms with Crippen LogP contribution in [0.5, 0.6) is 0 Å². The minimum atomic E-state index is -0.672. The quantitative estimate of drug-likeness (QED) is 0.846. The SMILES string of the molecule is Cc1cc(C)cc(NC(=O)C(=O)NCc2ccncc2)c1. The van der Waals surface area contributed by atoms with E-state index in [2.05, 4.69) is 15.6 Å². The smallest absolute Gasteiger partial charge is 0.313 e. The Morgan fingerprint density at radius 1 is 1.00 bits per heavy atom. The zero-order valence-electron chi connectivity index (χ0n) is 12.0. The van der Waals surface area contributed by atoms with Crippen LogP contribution < -0.4 is 10.6 Å². The molecule has 0 fully saturated rings. The van der Waals surface area contributed by atoms with E-state index in [-0.39, 0.29) is 0 Å². The Morgan fingerprint density at radius 2 is 1.62 bits per heavy atom. The van der Waals surface area contributed by atoms with Crippen LogP contribution in [0.25, 0.3) is 0 Å². The lowest BCUT2D eigenvalue weighted by Gasteiger charge is -2.08. The van der Waals surface area contributed by atoms with Crippen LogP contribution in [0.3, 0.4) is 0 Å². The van der Waals surface area contributed by atoms with Crippen molar-refractivity contribution in [2.24, 2.45) is 0 Å². The number of hydrogen-bond donors (Lipinski definition) is 2. The topological polar surface area (TPSA) is 71.1 Å². The molecule has 2 aromatic rings. The number of nitrogens with zero attached hydrogens (tertiary/aromatic N) is 1. The Balaban J connectivity index is 1.92. The van der Waals surface area contributed by atoms with E-state index in [1.807, 2.05) is 32.0 Å². The number of aromatic nitrogens is 1. The first-order valence-electron chi connectivity index (χ1n) is 6.61. The molecule has 0 spiro atoms. The first kappa shape index (κ1) is 14.7. The molecule has 0 aliphatic carbocycles. The molecule has 5 heteroatoms. The maximum Gasteiger partial charge on any atom is 0.313 e. The molecule has 0 bridgehead atoms. The van der Waals surface area contributed by atoms with Crippen molar-refractivity contribution in [3.8, 4) is 0 Å². The second-order valence-corrected chi connectivity index (χ2v) is 4.87. The highest BCUT2D eigenvalue weighted by Crippen LogP contribution is 2.13. The van der Waals surface area contributed by atoms with Crippen molar-refractivity contribution in [3.63, 3.8) is 0 Å². The third-order valence-electron chi connectivity index (χ3n) is 2.89. The molecule has 1 aromatic carbocycles. The van der Waals surface area contributed by atoms with Gasteiger partial charge in [-0.2, -0.15) is 0 Å². The van der Waals surface area contributed by atoms with Crippen molar-refractivity contribution in [1.29, 1.82) is 0 Å². The Morgan fingerprint density at radius 3 is 2.24 bits per heavy atom. The summed E-state index contributed by atoms with van der Waals surface area (Å²) < 4.78 is 0. The normalized spacial score (nSPS) is 10.0. The Labute approximate surface area is 123 Å². The van der Waals surface area contributed by atoms with E-state index < -0.39 is 11.8 Å². The molecular formula is C16H17N3O2. The van der Waals surface area contributed by atoms with Crippen molar-refractivity contribution in [2.45, 2.75) is 20.4 Å². The summed E-state index contributed by atoms with van der Waals surface area (Å²) in [5, 5.41) is 5.17. The van der Waals surface area contributed by atoms with Gasteiger partial charge in [-0.1, -0.05) is 6.07 Å². The van der Waals surface area contributed by atoms with Gasteiger partial charge in [-0.05, 0) is 54.8 Å². The number of hydrogen-bond acceptors (Lipinski definition) is 3. The fourth-order valence-corrected chi connectivity index (χ4v) is 2.00. The second kappa shape index (κ2) is 6.65. The minimum Gasteiger partial charge on any atom is -0.344 e. The number of pyridine rings is 1. The van der Waals surface area contributed by atoms with E-state index in [1.165, 1.54) is 0 Å². The van der Waals surface area contributed by atoms with Gasteiger partial charge in [-0.15, -0.1) is 0 Å². The predicted octanol–water partition coefficient (Wildman–Crippen LogP) is 1.95.